The molecule has 55 heteroatoms. The third-order valence-electron chi connectivity index (χ3n) is 2.08. The van der Waals surface area contributed by atoms with Gasteiger partial charge in [0.15, 0.2) is 0 Å². The van der Waals surface area contributed by atoms with Crippen LogP contribution in [0.5, 0.6) is 0 Å². The van der Waals surface area contributed by atoms with E-state index in [2.05, 4.69) is 503 Å². The second-order valence-electron chi connectivity index (χ2n) is 4.27. The van der Waals surface area contributed by atoms with Crippen LogP contribution < -0.4 is 17.8 Å². The van der Waals surface area contributed by atoms with Gasteiger partial charge in [-0.1, -0.05) is 0 Å². The molecule has 0 radical (unpaired) electrons. The Kier molecular flexibility index (Phi) is 97.5. The number of halogens is 55. The van der Waals surface area contributed by atoms with E-state index in [9.17, 15) is 2.86 Å². The van der Waals surface area contributed by atoms with E-state index in [-0.39, 0.29) is 0 Å². The Morgan fingerprint density at radius 3 is 0.400 bits per heavy atom. The summed E-state index contributed by atoms with van der Waals surface area (Å²) in [6, 6.07) is 0. The van der Waals surface area contributed by atoms with E-state index in [1.165, 1.54) is 0 Å². The molecule has 386 valence electrons. The van der Waals surface area contributed by atoms with Gasteiger partial charge in [0.2, 0.25) is 0 Å². The molecule has 0 fully saturated rings. The Morgan fingerprint density at radius 2 is 0.291 bits per heavy atom. The van der Waals surface area contributed by atoms with Crippen LogP contribution in [0.3, 0.4) is 0 Å². The van der Waals surface area contributed by atoms with E-state index in [1.807, 2.05) is 0 Å². The van der Waals surface area contributed by atoms with Crippen LogP contribution in [-0.2, 0) is 0 Å². The summed E-state index contributed by atoms with van der Waals surface area (Å²) in [4.78, 5) is 0. The molecule has 55 heavy (non-hydrogen) atoms. The Balaban J connectivity index is 5.62. The second kappa shape index (κ2) is 56.8. The number of rotatable bonds is 26. The first kappa shape index (κ1) is 94.3. The summed E-state index contributed by atoms with van der Waals surface area (Å²) in [5.41, 5.74) is 0. The first-order valence-electron chi connectivity index (χ1n) is 7.71. The Bertz CT molecular complexity index is 1000. The monoisotopic (exact) mass is 6870 g/mol. The molecule has 0 aromatic carbocycles. The van der Waals surface area contributed by atoms with Gasteiger partial charge in [0, 0.05) is 0 Å². The SMILES string of the molecule is F[I-]I(I)I(I)I(I)I(I)I(I)I(I)I(I)I(I)I(I)I(I)I(I)I(I)I(I)I(I)I(I)I(I)I(I)I(I)I(I)I(I)I(I)I(I)I(I)I(I)I(I)I(I)I. The molecular formula is FI54-. The molecule has 0 heterocycles. The quantitative estimate of drug-likeness (QED) is 0.0757. The van der Waals surface area contributed by atoms with Crippen molar-refractivity contribution < 1.29 is 20.7 Å². The topological polar surface area (TPSA) is 0 Å². The summed E-state index contributed by atoms with van der Waals surface area (Å²) < 4.78 is 13.8. The molecule has 0 aromatic rings. The van der Waals surface area contributed by atoms with E-state index in [1.54, 1.807) is 0 Å². The number of hydrogen-bond donors (Lipinski definition) is 0. The zero-order chi connectivity index (χ0) is 43.7. The Hall–Kier alpha value is 39.3. The maximum atomic E-state index is 13.8. The van der Waals surface area contributed by atoms with Crippen molar-refractivity contribution in [3.8, 4) is 0 Å². The van der Waals surface area contributed by atoms with E-state index in [4.69, 9.17) is 0 Å². The van der Waals surface area contributed by atoms with Gasteiger partial charge in [-0.25, -0.2) is 0 Å². The average molecular weight is 6870 g/mol. The van der Waals surface area contributed by atoms with Crippen LogP contribution in [0, 0.1) is 0 Å². The van der Waals surface area contributed by atoms with Crippen molar-refractivity contribution in [1.29, 1.82) is 0 Å². The van der Waals surface area contributed by atoms with Crippen LogP contribution in [0.15, 0.2) is 0 Å². The van der Waals surface area contributed by atoms with Gasteiger partial charge in [-0.05, 0) is 0 Å². The molecule has 0 saturated heterocycles. The molecule has 0 spiro atoms. The maximum absolute atomic E-state index is 13.8. The van der Waals surface area contributed by atoms with Crippen LogP contribution >= 0.6 is 708 Å². The van der Waals surface area contributed by atoms with Crippen molar-refractivity contribution in [3.63, 3.8) is 0 Å². The second-order valence-corrected chi connectivity index (χ2v) is 1270. The van der Waals surface area contributed by atoms with Gasteiger partial charge in [-0.2, -0.15) is 0 Å². The van der Waals surface area contributed by atoms with Crippen molar-refractivity contribution in [3.05, 3.63) is 0 Å². The Morgan fingerprint density at radius 1 is 0.182 bits per heavy atom. The minimum atomic E-state index is -1.05. The summed E-state index contributed by atoms with van der Waals surface area (Å²) >= 11 is 87.0. The molecule has 0 nitrogen and oxygen atoms in total. The van der Waals surface area contributed by atoms with Crippen molar-refractivity contribution in [2.24, 2.45) is 0 Å². The molecular weight excluding hydrogens is 6870 g/mol. The van der Waals surface area contributed by atoms with Gasteiger partial charge in [0.25, 0.3) is 0 Å². The summed E-state index contributed by atoms with van der Waals surface area (Å²) in [5, 5.41) is 0. The molecule has 0 unspecified atom stereocenters. The fraction of sp³-hybridized carbons (Fsp3) is 0. The van der Waals surface area contributed by atoms with Crippen LogP contribution in [0.25, 0.3) is 0 Å². The molecule has 0 aliphatic carbocycles. The van der Waals surface area contributed by atoms with Crippen LogP contribution in [0.2, 0.25) is 0 Å². The van der Waals surface area contributed by atoms with Gasteiger partial charge >= 0.3 is 729 Å². The molecule has 0 aliphatic rings. The van der Waals surface area contributed by atoms with Crippen molar-refractivity contribution in [2.45, 2.75) is 0 Å². The first-order valence-corrected chi connectivity index (χ1v) is 342. The molecule has 0 atom stereocenters. The molecule has 0 rings (SSSR count). The summed E-state index contributed by atoms with van der Waals surface area (Å²) in [5.74, 6) is 0. The minimum absolute atomic E-state index is 0.476. The molecule has 0 aromatic heterocycles. The fourth-order valence-corrected chi connectivity index (χ4v) is 10100. The van der Waals surface area contributed by atoms with Gasteiger partial charge in [0.1, 0.15) is 0 Å². The third-order valence-corrected chi connectivity index (χ3v) is 4140. The predicted octanol–water partition coefficient (Wildman–Crippen LogP) is 44.4. The first-order chi connectivity index (χ1) is 25.0. The molecule has 0 aliphatic heterocycles. The summed E-state index contributed by atoms with van der Waals surface area (Å²) in [7, 11) is -16.1. The van der Waals surface area contributed by atoms with E-state index >= 15 is 0 Å². The van der Waals surface area contributed by atoms with Gasteiger partial charge in [0.05, 0.1) is 0 Å². The van der Waals surface area contributed by atoms with Gasteiger partial charge < -0.3 is 0 Å². The van der Waals surface area contributed by atoms with Crippen LogP contribution in [0.1, 0.15) is 0 Å². The molecule has 0 N–H and O–H groups in total. The fourth-order valence-electron chi connectivity index (χ4n) is 0.756. The van der Waals surface area contributed by atoms with E-state index < -0.39 is 223 Å². The zero-order valence-electron chi connectivity index (χ0n) is 20.8. The van der Waals surface area contributed by atoms with Crippen LogP contribution in [0.4, 0.5) is 2.86 Å². The molecule has 0 saturated carbocycles. The van der Waals surface area contributed by atoms with Crippen molar-refractivity contribution >= 4 is 708 Å². The average Bonchev–Trinajstić information content (AvgIpc) is 3.18. The summed E-state index contributed by atoms with van der Waals surface area (Å²) in [6.45, 7) is 0. The normalized spacial score (nSPS) is 18.8. The van der Waals surface area contributed by atoms with Gasteiger partial charge in [-0.3, -0.25) is 0 Å². The van der Waals surface area contributed by atoms with E-state index in [0.717, 1.165) is 0 Å². The zero-order valence-corrected chi connectivity index (χ0v) is 137. The predicted molar refractivity (Wildman–Crippen MR) is 744 cm³/mol. The standard InChI is InChI=1S/FI54/c1-29-31(4)33(6)35(8)37(10)39(12)41(14)43(16)45(18)47(20)49(22)51(24)53(26)55(28)54(27)52(25)50(23)48(21)46(19)44(17)42(15)40(13)38(11)36(9)34(7)32(5)30(2)3/q-1. The van der Waals surface area contributed by atoms with Crippen LogP contribution in [-0.4, -0.2) is 0 Å². The van der Waals surface area contributed by atoms with Gasteiger partial charge in [-0.15, -0.1) is 0 Å². The number of hydrogen-bond acceptors (Lipinski definition) is 0. The Labute approximate surface area is 685 Å². The van der Waals surface area contributed by atoms with Crippen molar-refractivity contribution in [1.82, 2.24) is 0 Å². The molecule has 0 amide bonds. The van der Waals surface area contributed by atoms with E-state index in [0.29, 0.717) is 0 Å². The molecule has 0 bridgehead atoms. The van der Waals surface area contributed by atoms with Crippen molar-refractivity contribution in [2.75, 3.05) is 0 Å². The third kappa shape index (κ3) is 39.0. The summed E-state index contributed by atoms with van der Waals surface area (Å²) in [6.07, 6.45) is 0.